The van der Waals surface area contributed by atoms with Gasteiger partial charge in [0.1, 0.15) is 11.4 Å². The summed E-state index contributed by atoms with van der Waals surface area (Å²) in [6, 6.07) is 13.6. The van der Waals surface area contributed by atoms with Gasteiger partial charge in [0.15, 0.2) is 5.17 Å². The molecule has 2 aromatic rings. The number of alkyl halides is 2. The van der Waals surface area contributed by atoms with E-state index in [4.69, 9.17) is 0 Å². The Bertz CT molecular complexity index is 1050. The number of benzene rings is 2. The van der Waals surface area contributed by atoms with Crippen molar-refractivity contribution >= 4 is 40.3 Å². The highest BCUT2D eigenvalue weighted by Crippen LogP contribution is 2.31. The number of anilines is 2. The summed E-state index contributed by atoms with van der Waals surface area (Å²) < 4.78 is 29.2. The van der Waals surface area contributed by atoms with E-state index in [-0.39, 0.29) is 17.4 Å². The number of amidine groups is 1. The Kier molecular flexibility index (Phi) is 7.32. The number of amides is 1. The van der Waals surface area contributed by atoms with Gasteiger partial charge in [0, 0.05) is 19.8 Å². The molecule has 0 saturated heterocycles. The van der Waals surface area contributed by atoms with Gasteiger partial charge < -0.3 is 9.64 Å². The third-order valence-electron chi connectivity index (χ3n) is 4.31. The molecule has 0 aromatic heterocycles. The molecular formula is C23H21F2N3O2S. The van der Waals surface area contributed by atoms with E-state index in [0.29, 0.717) is 16.6 Å². The van der Waals surface area contributed by atoms with Crippen LogP contribution in [0.5, 0.6) is 5.75 Å². The minimum Gasteiger partial charge on any atom is -0.435 e. The first-order valence-corrected chi connectivity index (χ1v) is 10.4. The van der Waals surface area contributed by atoms with Crippen LogP contribution in [0.1, 0.15) is 12.5 Å². The van der Waals surface area contributed by atoms with E-state index in [1.54, 1.807) is 25.1 Å². The maximum absolute atomic E-state index is 13.1. The second-order valence-corrected chi connectivity index (χ2v) is 7.58. The number of aliphatic imine (C=N–C) groups is 1. The summed E-state index contributed by atoms with van der Waals surface area (Å²) in [5.74, 6) is 5.94. The molecule has 5 nitrogen and oxygen atoms in total. The van der Waals surface area contributed by atoms with E-state index in [0.717, 1.165) is 11.3 Å². The molecule has 0 bridgehead atoms. The van der Waals surface area contributed by atoms with Crippen molar-refractivity contribution in [3.05, 3.63) is 59.8 Å². The zero-order valence-corrected chi connectivity index (χ0v) is 18.1. The Labute approximate surface area is 184 Å². The van der Waals surface area contributed by atoms with Crippen LogP contribution in [0.15, 0.2) is 59.2 Å². The van der Waals surface area contributed by atoms with Gasteiger partial charge in [-0.3, -0.25) is 9.69 Å². The third kappa shape index (κ3) is 5.64. The first-order chi connectivity index (χ1) is 14.9. The molecule has 1 aliphatic heterocycles. The third-order valence-corrected chi connectivity index (χ3v) is 5.13. The number of carbonyl (C=O) groups excluding carboxylic acids is 1. The molecular weight excluding hydrogens is 420 g/mol. The standard InChI is InChI=1S/C23H21F2N3O2S/c1-4-5-14-31-23-26-20(15-16-6-8-17(9-7-16)27(2)3)21(29)28(23)18-10-12-19(13-11-18)30-22(24)25/h6-13,15,22H,14H2,1-3H3. The van der Waals surface area contributed by atoms with Crippen molar-refractivity contribution in [1.82, 2.24) is 0 Å². The Hall–Kier alpha value is -3.31. The van der Waals surface area contributed by atoms with Crippen molar-refractivity contribution in [3.8, 4) is 17.6 Å². The monoisotopic (exact) mass is 441 g/mol. The molecule has 0 fully saturated rings. The van der Waals surface area contributed by atoms with Gasteiger partial charge in [0.25, 0.3) is 5.91 Å². The van der Waals surface area contributed by atoms with Gasteiger partial charge >= 0.3 is 6.61 Å². The molecule has 3 rings (SSSR count). The van der Waals surface area contributed by atoms with Crippen molar-refractivity contribution in [3.63, 3.8) is 0 Å². The Morgan fingerprint density at radius 1 is 1.16 bits per heavy atom. The summed E-state index contributed by atoms with van der Waals surface area (Å²) in [6.07, 6.45) is 1.72. The first kappa shape index (κ1) is 22.4. The molecule has 0 N–H and O–H groups in total. The first-order valence-electron chi connectivity index (χ1n) is 9.38. The summed E-state index contributed by atoms with van der Waals surface area (Å²) in [5.41, 5.74) is 2.69. The largest absolute Gasteiger partial charge is 0.435 e. The maximum atomic E-state index is 13.1. The highest BCUT2D eigenvalue weighted by atomic mass is 32.2. The Balaban J connectivity index is 1.90. The number of nitrogens with zero attached hydrogens (tertiary/aromatic N) is 3. The average molecular weight is 442 g/mol. The zero-order valence-electron chi connectivity index (χ0n) is 17.3. The fourth-order valence-electron chi connectivity index (χ4n) is 2.80. The lowest BCUT2D eigenvalue weighted by Crippen LogP contribution is -2.30. The summed E-state index contributed by atoms with van der Waals surface area (Å²) >= 11 is 1.33. The quantitative estimate of drug-likeness (QED) is 0.475. The van der Waals surface area contributed by atoms with E-state index in [1.165, 1.54) is 28.8 Å². The molecule has 31 heavy (non-hydrogen) atoms. The average Bonchev–Trinajstić information content (AvgIpc) is 3.04. The molecule has 0 radical (unpaired) electrons. The normalized spacial score (nSPS) is 14.5. The molecule has 0 saturated carbocycles. The van der Waals surface area contributed by atoms with Gasteiger partial charge in [-0.25, -0.2) is 4.99 Å². The highest BCUT2D eigenvalue weighted by Gasteiger charge is 2.31. The molecule has 8 heteroatoms. The van der Waals surface area contributed by atoms with E-state index in [9.17, 15) is 13.6 Å². The van der Waals surface area contributed by atoms with Crippen molar-refractivity contribution < 1.29 is 18.3 Å². The second-order valence-electron chi connectivity index (χ2n) is 6.64. The van der Waals surface area contributed by atoms with Gasteiger partial charge in [-0.2, -0.15) is 8.78 Å². The second kappa shape index (κ2) is 10.1. The van der Waals surface area contributed by atoms with Crippen LogP contribution in [0.4, 0.5) is 20.2 Å². The molecule has 1 aliphatic rings. The van der Waals surface area contributed by atoms with Crippen molar-refractivity contribution in [2.24, 2.45) is 4.99 Å². The van der Waals surface area contributed by atoms with E-state index in [2.05, 4.69) is 21.6 Å². The zero-order chi connectivity index (χ0) is 22.4. The van der Waals surface area contributed by atoms with E-state index >= 15 is 0 Å². The van der Waals surface area contributed by atoms with Crippen molar-refractivity contribution in [2.45, 2.75) is 13.5 Å². The van der Waals surface area contributed by atoms with E-state index < -0.39 is 6.61 Å². The van der Waals surface area contributed by atoms with Crippen LogP contribution in [0.3, 0.4) is 0 Å². The summed E-state index contributed by atoms with van der Waals surface area (Å²) in [6.45, 7) is -1.17. The summed E-state index contributed by atoms with van der Waals surface area (Å²) in [7, 11) is 3.91. The number of carbonyl (C=O) groups is 1. The van der Waals surface area contributed by atoms with Gasteiger partial charge in [-0.15, -0.1) is 5.92 Å². The van der Waals surface area contributed by atoms with Crippen molar-refractivity contribution in [1.29, 1.82) is 0 Å². The minimum absolute atomic E-state index is 0.0186. The topological polar surface area (TPSA) is 45.1 Å². The van der Waals surface area contributed by atoms with Crippen LogP contribution < -0.4 is 14.5 Å². The smallest absolute Gasteiger partial charge is 0.387 e. The molecule has 0 spiro atoms. The molecule has 1 amide bonds. The number of rotatable bonds is 6. The fraction of sp³-hybridized carbons (Fsp3) is 0.217. The van der Waals surface area contributed by atoms with Crippen LogP contribution in [0.25, 0.3) is 6.08 Å². The number of hydrogen-bond donors (Lipinski definition) is 0. The fourth-order valence-corrected chi connectivity index (χ4v) is 3.62. The number of ether oxygens (including phenoxy) is 1. The molecule has 0 unspecified atom stereocenters. The summed E-state index contributed by atoms with van der Waals surface area (Å²) in [4.78, 5) is 21.1. The van der Waals surface area contributed by atoms with Crippen LogP contribution in [0.2, 0.25) is 0 Å². The Morgan fingerprint density at radius 3 is 2.42 bits per heavy atom. The lowest BCUT2D eigenvalue weighted by Gasteiger charge is -2.17. The molecule has 2 aromatic carbocycles. The Morgan fingerprint density at radius 2 is 1.84 bits per heavy atom. The van der Waals surface area contributed by atoms with Crippen LogP contribution in [-0.4, -0.2) is 37.5 Å². The molecule has 0 atom stereocenters. The molecule has 160 valence electrons. The number of hydrogen-bond acceptors (Lipinski definition) is 5. The maximum Gasteiger partial charge on any atom is 0.387 e. The van der Waals surface area contributed by atoms with Crippen LogP contribution in [0, 0.1) is 11.8 Å². The lowest BCUT2D eigenvalue weighted by atomic mass is 10.1. The van der Waals surface area contributed by atoms with Crippen LogP contribution in [-0.2, 0) is 4.79 Å². The number of thioether (sulfide) groups is 1. The highest BCUT2D eigenvalue weighted by molar-refractivity contribution is 8.14. The minimum atomic E-state index is -2.91. The predicted octanol–water partition coefficient (Wildman–Crippen LogP) is 4.85. The SMILES string of the molecule is CC#CCSC1=NC(=Cc2ccc(N(C)C)cc2)C(=O)N1c1ccc(OC(F)F)cc1. The van der Waals surface area contributed by atoms with Gasteiger partial charge in [0.05, 0.1) is 11.4 Å². The number of halogens is 2. The van der Waals surface area contributed by atoms with Gasteiger partial charge in [-0.1, -0.05) is 29.8 Å². The van der Waals surface area contributed by atoms with Gasteiger partial charge in [0.2, 0.25) is 0 Å². The van der Waals surface area contributed by atoms with Gasteiger partial charge in [-0.05, 0) is 55.0 Å². The lowest BCUT2D eigenvalue weighted by molar-refractivity contribution is -0.113. The molecule has 0 aliphatic carbocycles. The van der Waals surface area contributed by atoms with E-state index in [1.807, 2.05) is 43.3 Å². The van der Waals surface area contributed by atoms with Crippen molar-refractivity contribution in [2.75, 3.05) is 29.6 Å². The molecule has 1 heterocycles. The van der Waals surface area contributed by atoms with Crippen LogP contribution >= 0.6 is 11.8 Å². The predicted molar refractivity (Wildman–Crippen MR) is 123 cm³/mol. The summed E-state index contributed by atoms with van der Waals surface area (Å²) in [5, 5.41) is 0.478.